The molecule has 0 fully saturated rings. The average molecular weight is 455 g/mol. The number of hydrogen-bond donors (Lipinski definition) is 1. The molecule has 164 valence electrons. The van der Waals surface area contributed by atoms with Gasteiger partial charge in [-0.3, -0.25) is 14.2 Å². The second kappa shape index (κ2) is 9.31. The van der Waals surface area contributed by atoms with E-state index in [1.807, 2.05) is 44.2 Å². The number of nitriles is 1. The Morgan fingerprint density at radius 1 is 1.09 bits per heavy atom. The van der Waals surface area contributed by atoms with Gasteiger partial charge in [0.25, 0.3) is 5.56 Å². The predicted molar refractivity (Wildman–Crippen MR) is 132 cm³/mol. The summed E-state index contributed by atoms with van der Waals surface area (Å²) >= 11 is 1.22. The Bertz CT molecular complexity index is 1470. The summed E-state index contributed by atoms with van der Waals surface area (Å²) in [4.78, 5) is 31.2. The van der Waals surface area contributed by atoms with E-state index in [4.69, 9.17) is 10.2 Å². The first-order valence-corrected chi connectivity index (χ1v) is 11.3. The molecule has 0 aliphatic heterocycles. The molecule has 0 spiro atoms. The fourth-order valence-corrected chi connectivity index (χ4v) is 4.41. The van der Waals surface area contributed by atoms with Crippen molar-refractivity contribution in [2.24, 2.45) is 0 Å². The fourth-order valence-electron chi connectivity index (χ4n) is 3.49. The Hall–Kier alpha value is -3.89. The van der Waals surface area contributed by atoms with Gasteiger partial charge in [-0.15, -0.1) is 0 Å². The van der Waals surface area contributed by atoms with Crippen LogP contribution in [0.25, 0.3) is 16.6 Å². The Labute approximate surface area is 195 Å². The lowest BCUT2D eigenvalue weighted by molar-refractivity contribution is -0.115. The number of nitrogens with zero attached hydrogens (tertiary/aromatic N) is 3. The first-order chi connectivity index (χ1) is 15.9. The molecule has 4 aromatic rings. The molecule has 1 N–H and O–H groups in total. The van der Waals surface area contributed by atoms with Gasteiger partial charge < -0.3 is 5.32 Å². The van der Waals surface area contributed by atoms with Gasteiger partial charge in [0.15, 0.2) is 5.16 Å². The second-order valence-electron chi connectivity index (χ2n) is 7.78. The molecule has 0 saturated carbocycles. The van der Waals surface area contributed by atoms with E-state index in [1.165, 1.54) is 11.8 Å². The standard InChI is InChI=1S/C26H22N4O2S/c1-16-11-12-17(2)23(13-16)30-25(32)21-9-4-5-10-22(21)29-26(30)33-18(3)24(31)28-20-8-6-7-19(14-20)15-27/h4-14,18H,1-3H3,(H,28,31). The van der Waals surface area contributed by atoms with E-state index >= 15 is 0 Å². The molecule has 4 rings (SSSR count). The van der Waals surface area contributed by atoms with Gasteiger partial charge in [0, 0.05) is 5.69 Å². The van der Waals surface area contributed by atoms with E-state index in [0.717, 1.165) is 16.8 Å². The van der Waals surface area contributed by atoms with Crippen LogP contribution in [-0.2, 0) is 4.79 Å². The highest BCUT2D eigenvalue weighted by Crippen LogP contribution is 2.27. The minimum Gasteiger partial charge on any atom is -0.325 e. The normalized spacial score (nSPS) is 11.7. The lowest BCUT2D eigenvalue weighted by Gasteiger charge is -2.18. The lowest BCUT2D eigenvalue weighted by atomic mass is 10.1. The average Bonchev–Trinajstić information content (AvgIpc) is 2.81. The summed E-state index contributed by atoms with van der Waals surface area (Å²) in [5.74, 6) is -0.245. The van der Waals surface area contributed by atoms with Crippen molar-refractivity contribution in [3.05, 3.63) is 93.8 Å². The lowest BCUT2D eigenvalue weighted by Crippen LogP contribution is -2.26. The monoisotopic (exact) mass is 454 g/mol. The van der Waals surface area contributed by atoms with Crippen LogP contribution in [0.3, 0.4) is 0 Å². The molecule has 7 heteroatoms. The number of thioether (sulfide) groups is 1. The molecule has 3 aromatic carbocycles. The number of aryl methyl sites for hydroxylation is 2. The number of hydrogen-bond acceptors (Lipinski definition) is 5. The molecular weight excluding hydrogens is 432 g/mol. The third-order valence-corrected chi connectivity index (χ3v) is 6.31. The van der Waals surface area contributed by atoms with Gasteiger partial charge in [-0.2, -0.15) is 5.26 Å². The van der Waals surface area contributed by atoms with Crippen molar-refractivity contribution in [2.45, 2.75) is 31.2 Å². The number of benzene rings is 3. The Morgan fingerprint density at radius 3 is 2.67 bits per heavy atom. The van der Waals surface area contributed by atoms with Crippen LogP contribution in [0.4, 0.5) is 5.69 Å². The van der Waals surface area contributed by atoms with Gasteiger partial charge in [-0.05, 0) is 68.3 Å². The van der Waals surface area contributed by atoms with Crippen LogP contribution in [0.5, 0.6) is 0 Å². The quantitative estimate of drug-likeness (QED) is 0.339. The van der Waals surface area contributed by atoms with Crippen LogP contribution in [0, 0.1) is 25.2 Å². The van der Waals surface area contributed by atoms with E-state index < -0.39 is 5.25 Å². The maximum absolute atomic E-state index is 13.5. The molecule has 1 unspecified atom stereocenters. The molecule has 1 atom stereocenters. The molecular formula is C26H22N4O2S. The number of para-hydroxylation sites is 1. The molecule has 0 saturated heterocycles. The Morgan fingerprint density at radius 2 is 1.88 bits per heavy atom. The van der Waals surface area contributed by atoms with E-state index in [-0.39, 0.29) is 11.5 Å². The first-order valence-electron chi connectivity index (χ1n) is 10.4. The third kappa shape index (κ3) is 4.66. The van der Waals surface area contributed by atoms with E-state index in [1.54, 1.807) is 47.9 Å². The predicted octanol–water partition coefficient (Wildman–Crippen LogP) is 4.99. The number of anilines is 1. The molecule has 0 radical (unpaired) electrons. The van der Waals surface area contributed by atoms with Gasteiger partial charge in [0.1, 0.15) is 0 Å². The van der Waals surface area contributed by atoms with Gasteiger partial charge in [0.2, 0.25) is 5.91 Å². The maximum atomic E-state index is 13.5. The number of fused-ring (bicyclic) bond motifs is 1. The summed E-state index contributed by atoms with van der Waals surface area (Å²) < 4.78 is 1.59. The number of rotatable bonds is 5. The molecule has 1 heterocycles. The van der Waals surface area contributed by atoms with E-state index in [2.05, 4.69) is 11.4 Å². The second-order valence-corrected chi connectivity index (χ2v) is 9.09. The number of aromatic nitrogens is 2. The van der Waals surface area contributed by atoms with Crippen LogP contribution in [0.2, 0.25) is 0 Å². The van der Waals surface area contributed by atoms with E-state index in [0.29, 0.717) is 27.3 Å². The molecule has 1 aromatic heterocycles. The summed E-state index contributed by atoms with van der Waals surface area (Å²) in [6.45, 7) is 5.69. The Balaban J connectivity index is 1.75. The maximum Gasteiger partial charge on any atom is 0.266 e. The minimum absolute atomic E-state index is 0.175. The SMILES string of the molecule is Cc1ccc(C)c(-n2c(SC(C)C(=O)Nc3cccc(C#N)c3)nc3ccccc3c2=O)c1. The number of carbonyl (C=O) groups excluding carboxylic acids is 1. The van der Waals surface area contributed by atoms with E-state index in [9.17, 15) is 9.59 Å². The van der Waals surface area contributed by atoms with Crippen LogP contribution in [0.15, 0.2) is 76.7 Å². The number of carbonyl (C=O) groups is 1. The summed E-state index contributed by atoms with van der Waals surface area (Å²) in [6.07, 6.45) is 0. The molecule has 0 aliphatic rings. The van der Waals surface area contributed by atoms with Crippen molar-refractivity contribution in [1.29, 1.82) is 5.26 Å². The zero-order chi connectivity index (χ0) is 23.5. The highest BCUT2D eigenvalue weighted by Gasteiger charge is 2.21. The smallest absolute Gasteiger partial charge is 0.266 e. The molecule has 0 aliphatic carbocycles. The van der Waals surface area contributed by atoms with Crippen molar-refractivity contribution in [3.8, 4) is 11.8 Å². The molecule has 0 bridgehead atoms. The first kappa shape index (κ1) is 22.3. The van der Waals surface area contributed by atoms with Crippen molar-refractivity contribution in [2.75, 3.05) is 5.32 Å². The Kier molecular flexibility index (Phi) is 6.29. The van der Waals surface area contributed by atoms with Crippen molar-refractivity contribution >= 4 is 34.3 Å². The van der Waals surface area contributed by atoms with Crippen molar-refractivity contribution < 1.29 is 4.79 Å². The fraction of sp³-hybridized carbons (Fsp3) is 0.154. The van der Waals surface area contributed by atoms with Crippen LogP contribution >= 0.6 is 11.8 Å². The largest absolute Gasteiger partial charge is 0.325 e. The van der Waals surface area contributed by atoms with Crippen molar-refractivity contribution in [3.63, 3.8) is 0 Å². The number of amides is 1. The zero-order valence-corrected chi connectivity index (χ0v) is 19.3. The summed E-state index contributed by atoms with van der Waals surface area (Å²) in [7, 11) is 0. The molecule has 6 nitrogen and oxygen atoms in total. The topological polar surface area (TPSA) is 87.8 Å². The van der Waals surface area contributed by atoms with Crippen molar-refractivity contribution in [1.82, 2.24) is 9.55 Å². The highest BCUT2D eigenvalue weighted by molar-refractivity contribution is 8.00. The summed E-state index contributed by atoms with van der Waals surface area (Å²) in [5, 5.41) is 12.4. The van der Waals surface area contributed by atoms with Crippen LogP contribution in [-0.4, -0.2) is 20.7 Å². The van der Waals surface area contributed by atoms with Gasteiger partial charge in [-0.25, -0.2) is 4.98 Å². The van der Waals surface area contributed by atoms with Crippen LogP contribution < -0.4 is 10.9 Å². The minimum atomic E-state index is -0.542. The highest BCUT2D eigenvalue weighted by atomic mass is 32.2. The van der Waals surface area contributed by atoms with Gasteiger partial charge in [-0.1, -0.05) is 42.1 Å². The zero-order valence-electron chi connectivity index (χ0n) is 18.5. The van der Waals surface area contributed by atoms with Crippen LogP contribution in [0.1, 0.15) is 23.6 Å². The number of nitrogens with one attached hydrogen (secondary N) is 1. The molecule has 1 amide bonds. The summed E-state index contributed by atoms with van der Waals surface area (Å²) in [5.41, 5.74) is 4.13. The van der Waals surface area contributed by atoms with Gasteiger partial charge in [0.05, 0.1) is 33.5 Å². The summed E-state index contributed by atoms with van der Waals surface area (Å²) in [6, 6.07) is 21.9. The van der Waals surface area contributed by atoms with Gasteiger partial charge >= 0.3 is 0 Å². The third-order valence-electron chi connectivity index (χ3n) is 5.26. The molecule has 33 heavy (non-hydrogen) atoms.